The standard InChI is InChI=1S/C22H31N7O10/c23-12-9-37-22-13(10-38-21(12)22)39-11-28-18(34)8-27-17(33)7-26-16(32)6-25-15(31)5-24-14(30)3-4-29-19(35)1-2-20(29)36/h1-2,12-13,21-22H,3-11,23H2,(H,24,30)(H,25,31)(H,26,32)(H,27,33)(H,28,34)/t12-,13+,21+,22+/m0/s1. The molecule has 2 saturated heterocycles. The molecule has 3 rings (SSSR count). The van der Waals surface area contributed by atoms with Crippen molar-refractivity contribution in [2.24, 2.45) is 5.73 Å². The van der Waals surface area contributed by atoms with Gasteiger partial charge in [0.15, 0.2) is 0 Å². The molecule has 17 heteroatoms. The van der Waals surface area contributed by atoms with Gasteiger partial charge < -0.3 is 46.5 Å². The molecular weight excluding hydrogens is 522 g/mol. The number of hydrogen-bond donors (Lipinski definition) is 6. The first-order chi connectivity index (χ1) is 18.6. The summed E-state index contributed by atoms with van der Waals surface area (Å²) in [5.74, 6) is -4.09. The van der Waals surface area contributed by atoms with E-state index in [0.717, 1.165) is 17.1 Å². The molecule has 0 unspecified atom stereocenters. The van der Waals surface area contributed by atoms with Gasteiger partial charge in [-0.05, 0) is 0 Å². The Kier molecular flexibility index (Phi) is 10.9. The van der Waals surface area contributed by atoms with Crippen LogP contribution in [0.4, 0.5) is 0 Å². The molecule has 2 fully saturated rings. The smallest absolute Gasteiger partial charge is 0.253 e. The van der Waals surface area contributed by atoms with E-state index >= 15 is 0 Å². The predicted octanol–water partition coefficient (Wildman–Crippen LogP) is -5.65. The van der Waals surface area contributed by atoms with Gasteiger partial charge in [-0.25, -0.2) is 0 Å². The van der Waals surface area contributed by atoms with E-state index in [1.54, 1.807) is 0 Å². The molecule has 7 N–H and O–H groups in total. The van der Waals surface area contributed by atoms with E-state index in [1.165, 1.54) is 0 Å². The second-order valence-corrected chi connectivity index (χ2v) is 8.73. The summed E-state index contributed by atoms with van der Waals surface area (Å²) >= 11 is 0. The van der Waals surface area contributed by atoms with E-state index in [2.05, 4.69) is 26.6 Å². The van der Waals surface area contributed by atoms with Crippen molar-refractivity contribution in [1.82, 2.24) is 31.5 Å². The van der Waals surface area contributed by atoms with Crippen LogP contribution in [0.3, 0.4) is 0 Å². The molecule has 0 aromatic rings. The van der Waals surface area contributed by atoms with Crippen molar-refractivity contribution >= 4 is 41.4 Å². The summed E-state index contributed by atoms with van der Waals surface area (Å²) in [5.41, 5.74) is 5.86. The van der Waals surface area contributed by atoms with Crippen LogP contribution < -0.4 is 32.3 Å². The number of nitrogens with one attached hydrogen (secondary N) is 5. The van der Waals surface area contributed by atoms with Gasteiger partial charge in [-0.2, -0.15) is 0 Å². The van der Waals surface area contributed by atoms with Gasteiger partial charge in [-0.3, -0.25) is 38.5 Å². The maximum absolute atomic E-state index is 11.9. The number of carbonyl (C=O) groups is 7. The first kappa shape index (κ1) is 29.6. The molecule has 3 aliphatic heterocycles. The highest BCUT2D eigenvalue weighted by Crippen LogP contribution is 2.27. The van der Waals surface area contributed by atoms with Crippen LogP contribution in [-0.2, 0) is 47.8 Å². The minimum absolute atomic E-state index is 0.114. The van der Waals surface area contributed by atoms with Crippen molar-refractivity contribution in [3.63, 3.8) is 0 Å². The summed E-state index contributed by atoms with van der Waals surface area (Å²) in [7, 11) is 0. The summed E-state index contributed by atoms with van der Waals surface area (Å²) in [5, 5.41) is 11.6. The molecule has 39 heavy (non-hydrogen) atoms. The molecule has 4 atom stereocenters. The maximum Gasteiger partial charge on any atom is 0.253 e. The van der Waals surface area contributed by atoms with Crippen LogP contribution in [0, 0.1) is 0 Å². The van der Waals surface area contributed by atoms with Crippen LogP contribution in [0.1, 0.15) is 6.42 Å². The summed E-state index contributed by atoms with van der Waals surface area (Å²) in [4.78, 5) is 82.8. The van der Waals surface area contributed by atoms with Crippen LogP contribution >= 0.6 is 0 Å². The molecule has 3 aliphatic rings. The Labute approximate surface area is 222 Å². The Morgan fingerprint density at radius 1 is 0.769 bits per heavy atom. The second kappa shape index (κ2) is 14.3. The van der Waals surface area contributed by atoms with E-state index in [1.807, 2.05) is 0 Å². The molecule has 3 heterocycles. The Morgan fingerprint density at radius 3 is 1.82 bits per heavy atom. The largest absolute Gasteiger partial charge is 0.371 e. The van der Waals surface area contributed by atoms with Gasteiger partial charge in [0.05, 0.1) is 45.4 Å². The van der Waals surface area contributed by atoms with E-state index < -0.39 is 61.0 Å². The van der Waals surface area contributed by atoms with Crippen LogP contribution in [0.25, 0.3) is 0 Å². The molecule has 17 nitrogen and oxygen atoms in total. The Morgan fingerprint density at radius 2 is 1.26 bits per heavy atom. The fourth-order valence-corrected chi connectivity index (χ4v) is 3.78. The second-order valence-electron chi connectivity index (χ2n) is 8.73. The lowest BCUT2D eigenvalue weighted by molar-refractivity contribution is -0.137. The van der Waals surface area contributed by atoms with E-state index in [4.69, 9.17) is 19.9 Å². The van der Waals surface area contributed by atoms with E-state index in [0.29, 0.717) is 13.2 Å². The van der Waals surface area contributed by atoms with Crippen molar-refractivity contribution in [3.8, 4) is 0 Å². The normalized spacial score (nSPS) is 23.4. The summed E-state index contributed by atoms with van der Waals surface area (Å²) < 4.78 is 16.6. The number of nitrogens with two attached hydrogens (primary N) is 1. The SMILES string of the molecule is N[C@H]1CO[C@H]2[C@@H]1OC[C@H]2OCNC(=O)CNC(=O)CNC(=O)CNC(=O)CNC(=O)CCN1C(=O)C=CC1=O. The Balaban J connectivity index is 1.17. The first-order valence-electron chi connectivity index (χ1n) is 12.1. The average Bonchev–Trinajstić information content (AvgIpc) is 3.59. The number of nitrogens with zero attached hydrogens (tertiary/aromatic N) is 1. The zero-order valence-corrected chi connectivity index (χ0v) is 20.9. The van der Waals surface area contributed by atoms with Gasteiger partial charge in [0, 0.05) is 25.1 Å². The third kappa shape index (κ3) is 9.10. The Hall–Kier alpha value is -3.93. The molecule has 0 aliphatic carbocycles. The molecule has 0 spiro atoms. The molecule has 7 amide bonds. The number of rotatable bonds is 14. The fourth-order valence-electron chi connectivity index (χ4n) is 3.78. The van der Waals surface area contributed by atoms with Gasteiger partial charge in [0.2, 0.25) is 29.5 Å². The van der Waals surface area contributed by atoms with E-state index in [-0.39, 0.29) is 50.6 Å². The van der Waals surface area contributed by atoms with Crippen LogP contribution in [-0.4, -0.2) is 123 Å². The number of imide groups is 1. The highest BCUT2D eigenvalue weighted by atomic mass is 16.6. The zero-order chi connectivity index (χ0) is 28.4. The third-order valence-corrected chi connectivity index (χ3v) is 5.86. The molecule has 0 aromatic carbocycles. The number of amides is 7. The number of carbonyl (C=O) groups excluding carboxylic acids is 7. The van der Waals surface area contributed by atoms with Crippen LogP contribution in [0.5, 0.6) is 0 Å². The van der Waals surface area contributed by atoms with Gasteiger partial charge in [0.25, 0.3) is 11.8 Å². The highest BCUT2D eigenvalue weighted by molar-refractivity contribution is 6.13. The molecule has 0 saturated carbocycles. The van der Waals surface area contributed by atoms with Crippen LogP contribution in [0.2, 0.25) is 0 Å². The summed E-state index contributed by atoms with van der Waals surface area (Å²) in [6, 6.07) is -0.213. The molecular formula is C22H31N7O10. The van der Waals surface area contributed by atoms with Gasteiger partial charge >= 0.3 is 0 Å². The van der Waals surface area contributed by atoms with Crippen molar-refractivity contribution in [2.45, 2.75) is 30.8 Å². The van der Waals surface area contributed by atoms with Crippen molar-refractivity contribution in [3.05, 3.63) is 12.2 Å². The lowest BCUT2D eigenvalue weighted by Crippen LogP contribution is -2.46. The third-order valence-electron chi connectivity index (χ3n) is 5.86. The maximum atomic E-state index is 11.9. The number of fused-ring (bicyclic) bond motifs is 1. The van der Waals surface area contributed by atoms with Crippen molar-refractivity contribution in [2.75, 3.05) is 52.7 Å². The topological polar surface area (TPSA) is 237 Å². The van der Waals surface area contributed by atoms with Crippen LogP contribution in [0.15, 0.2) is 12.2 Å². The molecule has 0 aromatic heterocycles. The molecule has 0 bridgehead atoms. The van der Waals surface area contributed by atoms with Crippen molar-refractivity contribution < 1.29 is 47.8 Å². The Bertz CT molecular complexity index is 1000. The average molecular weight is 554 g/mol. The van der Waals surface area contributed by atoms with Gasteiger partial charge in [-0.15, -0.1) is 0 Å². The quantitative estimate of drug-likeness (QED) is 0.0875. The van der Waals surface area contributed by atoms with Gasteiger partial charge in [-0.1, -0.05) is 0 Å². The lowest BCUT2D eigenvalue weighted by atomic mass is 10.1. The number of hydrogen-bond acceptors (Lipinski definition) is 11. The van der Waals surface area contributed by atoms with E-state index in [9.17, 15) is 33.6 Å². The zero-order valence-electron chi connectivity index (χ0n) is 20.9. The predicted molar refractivity (Wildman–Crippen MR) is 128 cm³/mol. The minimum Gasteiger partial charge on any atom is -0.371 e. The first-order valence-corrected chi connectivity index (χ1v) is 12.1. The molecule has 214 valence electrons. The van der Waals surface area contributed by atoms with Gasteiger partial charge in [0.1, 0.15) is 25.0 Å². The van der Waals surface area contributed by atoms with Crippen molar-refractivity contribution in [1.29, 1.82) is 0 Å². The number of ether oxygens (including phenoxy) is 3. The molecule has 0 radical (unpaired) electrons. The lowest BCUT2D eigenvalue weighted by Gasteiger charge is -2.17. The highest BCUT2D eigenvalue weighted by Gasteiger charge is 2.46. The summed E-state index contributed by atoms with van der Waals surface area (Å²) in [6.07, 6.45) is 1.13. The minimum atomic E-state index is -0.674. The fraction of sp³-hybridized carbons (Fsp3) is 0.591. The monoisotopic (exact) mass is 553 g/mol. The summed E-state index contributed by atoms with van der Waals surface area (Å²) in [6.45, 7) is -1.23.